The second-order valence-corrected chi connectivity index (χ2v) is 12.1. The minimum absolute atomic E-state index is 0.0786. The van der Waals surface area contributed by atoms with Crippen molar-refractivity contribution in [3.63, 3.8) is 0 Å². The molecule has 2 heterocycles. The van der Waals surface area contributed by atoms with Crippen LogP contribution in [0.3, 0.4) is 0 Å². The third kappa shape index (κ3) is 15.9. The van der Waals surface area contributed by atoms with E-state index in [9.17, 15) is 14.7 Å². The number of ketones is 1. The molecule has 45 heavy (non-hydrogen) atoms. The fourth-order valence-electron chi connectivity index (χ4n) is 5.72. The SMILES string of the molecule is CCCOCCOCCOCCC(=O)CCCCc1ncc([C@@H](CCCCCCc2ccc3c(n2)CCCC3)CC(=O)O)cn1. The van der Waals surface area contributed by atoms with Crippen molar-refractivity contribution >= 4 is 11.8 Å². The molecule has 250 valence electrons. The van der Waals surface area contributed by atoms with Crippen molar-refractivity contribution in [2.75, 3.05) is 39.6 Å². The van der Waals surface area contributed by atoms with Crippen molar-refractivity contribution in [1.82, 2.24) is 15.0 Å². The number of rotatable bonds is 26. The lowest BCUT2D eigenvalue weighted by Gasteiger charge is -2.16. The average Bonchev–Trinajstić information content (AvgIpc) is 3.05. The Balaban J connectivity index is 1.24. The van der Waals surface area contributed by atoms with Crippen molar-refractivity contribution in [2.24, 2.45) is 0 Å². The van der Waals surface area contributed by atoms with Crippen LogP contribution >= 0.6 is 0 Å². The van der Waals surface area contributed by atoms with Gasteiger partial charge in [0.2, 0.25) is 0 Å². The number of unbranched alkanes of at least 4 members (excludes halogenated alkanes) is 4. The number of carboxylic acid groups (broad SMARTS) is 1. The van der Waals surface area contributed by atoms with Crippen LogP contribution in [0.25, 0.3) is 0 Å². The van der Waals surface area contributed by atoms with Crippen LogP contribution in [-0.4, -0.2) is 71.5 Å². The van der Waals surface area contributed by atoms with E-state index in [0.29, 0.717) is 52.3 Å². The maximum absolute atomic E-state index is 12.1. The topological polar surface area (TPSA) is 121 Å². The van der Waals surface area contributed by atoms with Crippen LogP contribution < -0.4 is 0 Å². The van der Waals surface area contributed by atoms with Crippen LogP contribution in [0.5, 0.6) is 0 Å². The van der Waals surface area contributed by atoms with Crippen molar-refractivity contribution in [1.29, 1.82) is 0 Å². The second-order valence-electron chi connectivity index (χ2n) is 12.1. The van der Waals surface area contributed by atoms with E-state index in [4.69, 9.17) is 19.2 Å². The largest absolute Gasteiger partial charge is 0.481 e. The maximum atomic E-state index is 12.1. The molecular weight excluding hydrogens is 570 g/mol. The summed E-state index contributed by atoms with van der Waals surface area (Å²) in [4.78, 5) is 37.6. The molecular formula is C36H55N3O6. The molecule has 1 atom stereocenters. The third-order valence-corrected chi connectivity index (χ3v) is 8.31. The highest BCUT2D eigenvalue weighted by atomic mass is 16.5. The van der Waals surface area contributed by atoms with Crippen molar-refractivity contribution < 1.29 is 28.9 Å². The van der Waals surface area contributed by atoms with Gasteiger partial charge < -0.3 is 19.3 Å². The van der Waals surface area contributed by atoms with Gasteiger partial charge in [-0.25, -0.2) is 9.97 Å². The predicted octanol–water partition coefficient (Wildman–Crippen LogP) is 6.63. The number of ether oxygens (including phenoxy) is 3. The molecule has 0 unspecified atom stereocenters. The third-order valence-electron chi connectivity index (χ3n) is 8.31. The van der Waals surface area contributed by atoms with Gasteiger partial charge in [-0.05, 0) is 87.3 Å². The van der Waals surface area contributed by atoms with Crippen molar-refractivity contribution in [3.8, 4) is 0 Å². The zero-order chi connectivity index (χ0) is 32.0. The van der Waals surface area contributed by atoms with Gasteiger partial charge in [0.1, 0.15) is 11.6 Å². The summed E-state index contributed by atoms with van der Waals surface area (Å²) in [6.07, 6.45) is 18.9. The predicted molar refractivity (Wildman–Crippen MR) is 175 cm³/mol. The van der Waals surface area contributed by atoms with E-state index >= 15 is 0 Å². The van der Waals surface area contributed by atoms with Crippen molar-refractivity contribution in [2.45, 2.75) is 122 Å². The number of carbonyl (C=O) groups excluding carboxylic acids is 1. The van der Waals surface area contributed by atoms with Crippen molar-refractivity contribution in [3.05, 3.63) is 52.9 Å². The lowest BCUT2D eigenvalue weighted by molar-refractivity contribution is -0.137. The summed E-state index contributed by atoms with van der Waals surface area (Å²) in [6, 6.07) is 4.46. The number of hydrogen-bond donors (Lipinski definition) is 1. The van der Waals surface area contributed by atoms with Gasteiger partial charge in [0.15, 0.2) is 0 Å². The Labute approximate surface area is 269 Å². The lowest BCUT2D eigenvalue weighted by Crippen LogP contribution is -2.11. The molecule has 9 nitrogen and oxygen atoms in total. The number of hydrogen-bond acceptors (Lipinski definition) is 8. The fraction of sp³-hybridized carbons (Fsp3) is 0.694. The van der Waals surface area contributed by atoms with E-state index in [0.717, 1.165) is 82.2 Å². The summed E-state index contributed by atoms with van der Waals surface area (Å²) in [5.74, 6) is 0.0652. The van der Waals surface area contributed by atoms with Gasteiger partial charge in [0.05, 0.1) is 39.5 Å². The molecule has 2 aromatic rings. The fourth-order valence-corrected chi connectivity index (χ4v) is 5.72. The van der Waals surface area contributed by atoms with E-state index in [1.165, 1.54) is 36.2 Å². The molecule has 1 aliphatic rings. The van der Waals surface area contributed by atoms with Crippen LogP contribution in [0.1, 0.15) is 125 Å². The normalized spacial score (nSPS) is 13.4. The first kappa shape index (κ1) is 36.7. The van der Waals surface area contributed by atoms with Crippen LogP contribution in [0.15, 0.2) is 24.5 Å². The Hall–Kier alpha value is -2.75. The zero-order valence-electron chi connectivity index (χ0n) is 27.5. The standard InChI is InChI=1S/C36H55N3O6/c1-2-20-43-22-24-45-25-23-44-21-19-33(40)14-8-10-16-35-37-27-31(28-38-35)30(26-36(41)42)12-5-3-4-6-13-32-18-17-29-11-7-9-15-34(29)39-32/h17-18,27-28,30H,2-16,19-26H2,1H3,(H,41,42)/t30-/m0/s1. The first-order valence-corrected chi connectivity index (χ1v) is 17.3. The molecule has 2 aromatic heterocycles. The van der Waals surface area contributed by atoms with Crippen LogP contribution in [0.2, 0.25) is 0 Å². The molecule has 0 fully saturated rings. The zero-order valence-corrected chi connectivity index (χ0v) is 27.5. The molecule has 1 aliphatic carbocycles. The molecule has 0 spiro atoms. The Morgan fingerprint density at radius 2 is 1.49 bits per heavy atom. The lowest BCUT2D eigenvalue weighted by atomic mass is 9.92. The summed E-state index contributed by atoms with van der Waals surface area (Å²) < 4.78 is 16.3. The summed E-state index contributed by atoms with van der Waals surface area (Å²) in [5.41, 5.74) is 4.83. The molecule has 0 saturated carbocycles. The molecule has 1 N–H and O–H groups in total. The molecule has 0 radical (unpaired) electrons. The number of carboxylic acids is 1. The Kier molecular flexibility index (Phi) is 18.5. The van der Waals surface area contributed by atoms with E-state index < -0.39 is 5.97 Å². The number of carbonyl (C=O) groups is 2. The quantitative estimate of drug-likeness (QED) is 0.115. The molecule has 0 amide bonds. The number of aryl methyl sites for hydroxylation is 4. The van der Waals surface area contributed by atoms with Gasteiger partial charge in [0, 0.05) is 49.7 Å². The number of Topliss-reactive ketones (excluding diaryl/α,β-unsaturated/α-hetero) is 1. The molecule has 3 rings (SSSR count). The van der Waals surface area contributed by atoms with Gasteiger partial charge in [0.25, 0.3) is 0 Å². The van der Waals surface area contributed by atoms with Gasteiger partial charge >= 0.3 is 5.97 Å². The summed E-state index contributed by atoms with van der Waals surface area (Å²) in [7, 11) is 0. The van der Waals surface area contributed by atoms with Gasteiger partial charge in [-0.1, -0.05) is 32.3 Å². The summed E-state index contributed by atoms with van der Waals surface area (Å²) in [6.45, 7) is 5.40. The molecule has 0 aromatic carbocycles. The first-order chi connectivity index (χ1) is 22.0. The number of pyridine rings is 1. The second kappa shape index (κ2) is 22.7. The molecule has 9 heteroatoms. The van der Waals surface area contributed by atoms with Crippen LogP contribution in [0, 0.1) is 0 Å². The first-order valence-electron chi connectivity index (χ1n) is 17.3. The maximum Gasteiger partial charge on any atom is 0.303 e. The minimum atomic E-state index is -0.793. The summed E-state index contributed by atoms with van der Waals surface area (Å²) in [5, 5.41) is 9.48. The van der Waals surface area contributed by atoms with E-state index in [1.54, 1.807) is 12.4 Å². The van der Waals surface area contributed by atoms with E-state index in [1.807, 2.05) is 0 Å². The van der Waals surface area contributed by atoms with Gasteiger partial charge in [-0.3, -0.25) is 14.6 Å². The number of fused-ring (bicyclic) bond motifs is 1. The van der Waals surface area contributed by atoms with E-state index in [2.05, 4.69) is 29.0 Å². The van der Waals surface area contributed by atoms with Gasteiger partial charge in [-0.2, -0.15) is 0 Å². The minimum Gasteiger partial charge on any atom is -0.481 e. The molecule has 0 aliphatic heterocycles. The number of aliphatic carboxylic acids is 1. The molecule has 0 saturated heterocycles. The summed E-state index contributed by atoms with van der Waals surface area (Å²) >= 11 is 0. The van der Waals surface area contributed by atoms with Gasteiger partial charge in [-0.15, -0.1) is 0 Å². The highest BCUT2D eigenvalue weighted by molar-refractivity contribution is 5.78. The number of aromatic nitrogens is 3. The van der Waals surface area contributed by atoms with Crippen LogP contribution in [-0.2, 0) is 49.5 Å². The average molecular weight is 626 g/mol. The molecule has 0 bridgehead atoms. The van der Waals surface area contributed by atoms with E-state index in [-0.39, 0.29) is 18.1 Å². The monoisotopic (exact) mass is 625 g/mol. The Morgan fingerprint density at radius 1 is 0.800 bits per heavy atom. The Morgan fingerprint density at radius 3 is 2.24 bits per heavy atom. The Bertz CT molecular complexity index is 1110. The number of nitrogens with zero attached hydrogens (tertiary/aromatic N) is 3. The smallest absolute Gasteiger partial charge is 0.303 e. The highest BCUT2D eigenvalue weighted by Gasteiger charge is 2.17. The van der Waals surface area contributed by atoms with Crippen LogP contribution in [0.4, 0.5) is 0 Å². The highest BCUT2D eigenvalue weighted by Crippen LogP contribution is 2.26.